The Kier molecular flexibility index (Phi) is 5.52. The van der Waals surface area contributed by atoms with E-state index in [9.17, 15) is 0 Å². The second-order valence-corrected chi connectivity index (χ2v) is 5.26. The minimum atomic E-state index is 0.205. The fourth-order valence-electron chi connectivity index (χ4n) is 1.28. The van der Waals surface area contributed by atoms with Gasteiger partial charge in [0.25, 0.3) is 0 Å². The summed E-state index contributed by atoms with van der Waals surface area (Å²) in [6.07, 6.45) is 1.72. The molecule has 5 heteroatoms. The molecule has 16 heavy (non-hydrogen) atoms. The van der Waals surface area contributed by atoms with Crippen molar-refractivity contribution in [3.05, 3.63) is 21.8 Å². The number of hydrogen-bond donors (Lipinski definition) is 1. The molecule has 0 radical (unpaired) electrons. The topological polar surface area (TPSA) is 34.1 Å². The molecule has 1 unspecified atom stereocenters. The number of anilines is 1. The molecule has 1 N–H and O–H groups in total. The Hall–Kier alpha value is -0.320. The van der Waals surface area contributed by atoms with Gasteiger partial charge in [-0.2, -0.15) is 0 Å². The maximum atomic E-state index is 6.08. The van der Waals surface area contributed by atoms with Crippen molar-refractivity contribution in [1.82, 2.24) is 4.98 Å². The van der Waals surface area contributed by atoms with Gasteiger partial charge in [-0.3, -0.25) is 0 Å². The van der Waals surface area contributed by atoms with Gasteiger partial charge in [0, 0.05) is 17.8 Å². The highest BCUT2D eigenvalue weighted by Gasteiger charge is 2.15. The number of nitrogens with one attached hydrogen (secondary N) is 1. The number of rotatable bonds is 5. The number of hydrogen-bond acceptors (Lipinski definition) is 3. The first-order valence-electron chi connectivity index (χ1n) is 5.11. The molecule has 3 nitrogen and oxygen atoms in total. The maximum absolute atomic E-state index is 6.08. The normalized spacial score (nSPS) is 12.9. The molecule has 1 aromatic heterocycles. The predicted molar refractivity (Wildman–Crippen MR) is 71.1 cm³/mol. The van der Waals surface area contributed by atoms with Gasteiger partial charge in [-0.1, -0.05) is 25.4 Å². The molecule has 0 saturated heterocycles. The van der Waals surface area contributed by atoms with Crippen molar-refractivity contribution >= 4 is 33.3 Å². The largest absolute Gasteiger partial charge is 0.383 e. The molecule has 0 fully saturated rings. The first kappa shape index (κ1) is 13.7. The van der Waals surface area contributed by atoms with Crippen LogP contribution in [0.2, 0.25) is 5.02 Å². The van der Waals surface area contributed by atoms with E-state index in [-0.39, 0.29) is 6.04 Å². The molecule has 0 amide bonds. The lowest BCUT2D eigenvalue weighted by Gasteiger charge is -2.22. The molecule has 0 aromatic carbocycles. The molecule has 1 heterocycles. The Bertz CT molecular complexity index is 347. The quantitative estimate of drug-likeness (QED) is 0.903. The molecule has 0 bridgehead atoms. The highest BCUT2D eigenvalue weighted by atomic mass is 79.9. The SMILES string of the molecule is COCC(Nc1ncc(Br)cc1Cl)C(C)C. The van der Waals surface area contributed by atoms with Gasteiger partial charge < -0.3 is 10.1 Å². The monoisotopic (exact) mass is 306 g/mol. The number of halogens is 2. The molecule has 0 aliphatic rings. The van der Waals surface area contributed by atoms with Crippen LogP contribution >= 0.6 is 27.5 Å². The number of pyridine rings is 1. The van der Waals surface area contributed by atoms with Crippen LogP contribution in [-0.2, 0) is 4.74 Å². The van der Waals surface area contributed by atoms with Crippen molar-refractivity contribution in [1.29, 1.82) is 0 Å². The summed E-state index contributed by atoms with van der Waals surface area (Å²) in [5.74, 6) is 1.14. The molecule has 90 valence electrons. The number of methoxy groups -OCH3 is 1. The standard InChI is InChI=1S/C11H16BrClN2O/c1-7(2)10(6-16-3)15-11-9(13)4-8(12)5-14-11/h4-5,7,10H,6H2,1-3H3,(H,14,15). The highest BCUT2D eigenvalue weighted by Crippen LogP contribution is 2.24. The fraction of sp³-hybridized carbons (Fsp3) is 0.545. The van der Waals surface area contributed by atoms with Gasteiger partial charge in [0.1, 0.15) is 5.82 Å². The van der Waals surface area contributed by atoms with E-state index in [1.807, 2.05) is 6.07 Å². The van der Waals surface area contributed by atoms with Crippen molar-refractivity contribution in [3.63, 3.8) is 0 Å². The van der Waals surface area contributed by atoms with Crippen LogP contribution in [0.15, 0.2) is 16.7 Å². The summed E-state index contributed by atoms with van der Waals surface area (Å²) in [5, 5.41) is 3.89. The Morgan fingerprint density at radius 3 is 2.75 bits per heavy atom. The van der Waals surface area contributed by atoms with Crippen LogP contribution in [-0.4, -0.2) is 24.7 Å². The van der Waals surface area contributed by atoms with E-state index in [4.69, 9.17) is 16.3 Å². The van der Waals surface area contributed by atoms with Crippen LogP contribution in [0.4, 0.5) is 5.82 Å². The van der Waals surface area contributed by atoms with E-state index in [1.165, 1.54) is 0 Å². The zero-order valence-electron chi connectivity index (χ0n) is 9.63. The average molecular weight is 308 g/mol. The van der Waals surface area contributed by atoms with Crippen LogP contribution in [0.5, 0.6) is 0 Å². The lowest BCUT2D eigenvalue weighted by Crippen LogP contribution is -2.30. The van der Waals surface area contributed by atoms with Crippen LogP contribution in [0.3, 0.4) is 0 Å². The first-order chi connectivity index (χ1) is 7.54. The summed E-state index contributed by atoms with van der Waals surface area (Å²) in [7, 11) is 1.69. The number of ether oxygens (including phenoxy) is 1. The van der Waals surface area contributed by atoms with Gasteiger partial charge >= 0.3 is 0 Å². The van der Waals surface area contributed by atoms with Crippen molar-refractivity contribution < 1.29 is 4.74 Å². The zero-order chi connectivity index (χ0) is 12.1. The molecule has 0 aliphatic carbocycles. The van der Waals surface area contributed by atoms with E-state index in [0.29, 0.717) is 23.4 Å². The maximum Gasteiger partial charge on any atom is 0.145 e. The summed E-state index contributed by atoms with van der Waals surface area (Å²) in [6.45, 7) is 4.89. The van der Waals surface area contributed by atoms with Gasteiger partial charge in [0.05, 0.1) is 17.7 Å². The van der Waals surface area contributed by atoms with Crippen molar-refractivity contribution in [3.8, 4) is 0 Å². The van der Waals surface area contributed by atoms with E-state index in [1.54, 1.807) is 13.3 Å². The summed E-state index contributed by atoms with van der Waals surface area (Å²) >= 11 is 9.41. The third-order valence-electron chi connectivity index (χ3n) is 2.28. The average Bonchev–Trinajstić information content (AvgIpc) is 2.20. The molecular formula is C11H16BrClN2O. The molecule has 1 rings (SSSR count). The van der Waals surface area contributed by atoms with E-state index in [0.717, 1.165) is 4.47 Å². The molecule has 0 saturated carbocycles. The van der Waals surface area contributed by atoms with E-state index in [2.05, 4.69) is 40.1 Å². The van der Waals surface area contributed by atoms with Crippen molar-refractivity contribution in [2.75, 3.05) is 19.0 Å². The Balaban J connectivity index is 2.77. The third-order valence-corrected chi connectivity index (χ3v) is 3.00. The third kappa shape index (κ3) is 3.92. The van der Waals surface area contributed by atoms with Crippen molar-refractivity contribution in [2.45, 2.75) is 19.9 Å². The minimum Gasteiger partial charge on any atom is -0.383 e. The lowest BCUT2D eigenvalue weighted by atomic mass is 10.1. The summed E-state index contributed by atoms with van der Waals surface area (Å²) in [6, 6.07) is 2.03. The van der Waals surface area contributed by atoms with Gasteiger partial charge in [0.2, 0.25) is 0 Å². The Morgan fingerprint density at radius 1 is 1.56 bits per heavy atom. The summed E-state index contributed by atoms with van der Waals surface area (Å²) in [4.78, 5) is 4.24. The highest BCUT2D eigenvalue weighted by molar-refractivity contribution is 9.10. The Labute approximate surface area is 110 Å². The van der Waals surface area contributed by atoms with Gasteiger partial charge in [-0.25, -0.2) is 4.98 Å². The first-order valence-corrected chi connectivity index (χ1v) is 6.28. The summed E-state index contributed by atoms with van der Waals surface area (Å²) in [5.41, 5.74) is 0. The molecule has 1 aromatic rings. The van der Waals surface area contributed by atoms with Gasteiger partial charge in [-0.05, 0) is 27.9 Å². The van der Waals surface area contributed by atoms with Crippen LogP contribution in [0.1, 0.15) is 13.8 Å². The van der Waals surface area contributed by atoms with E-state index >= 15 is 0 Å². The second-order valence-electron chi connectivity index (χ2n) is 3.93. The van der Waals surface area contributed by atoms with Crippen molar-refractivity contribution in [2.24, 2.45) is 5.92 Å². The smallest absolute Gasteiger partial charge is 0.145 e. The molecule has 0 spiro atoms. The van der Waals surface area contributed by atoms with Crippen LogP contribution in [0, 0.1) is 5.92 Å². The lowest BCUT2D eigenvalue weighted by molar-refractivity contribution is 0.171. The van der Waals surface area contributed by atoms with E-state index < -0.39 is 0 Å². The van der Waals surface area contributed by atoms with Crippen LogP contribution in [0.25, 0.3) is 0 Å². The van der Waals surface area contributed by atoms with Gasteiger partial charge in [0.15, 0.2) is 0 Å². The second kappa shape index (κ2) is 6.42. The molecule has 1 atom stereocenters. The number of nitrogens with zero attached hydrogens (tertiary/aromatic N) is 1. The predicted octanol–water partition coefficient (Wildman–Crippen LogP) is 3.58. The molecular weight excluding hydrogens is 291 g/mol. The summed E-state index contributed by atoms with van der Waals surface area (Å²) < 4.78 is 6.03. The van der Waals surface area contributed by atoms with Crippen LogP contribution < -0.4 is 5.32 Å². The Morgan fingerprint density at radius 2 is 2.25 bits per heavy atom. The number of aromatic nitrogens is 1. The fourth-order valence-corrected chi connectivity index (χ4v) is 1.96. The minimum absolute atomic E-state index is 0.205. The zero-order valence-corrected chi connectivity index (χ0v) is 12.0. The van der Waals surface area contributed by atoms with Gasteiger partial charge in [-0.15, -0.1) is 0 Å². The molecule has 0 aliphatic heterocycles.